The van der Waals surface area contributed by atoms with Gasteiger partial charge in [0.2, 0.25) is 0 Å². The fourth-order valence-corrected chi connectivity index (χ4v) is 3.34. The SMILES string of the molecule is CC1(C)OB(c2ccc3c(cnn3C3CCCCO3)c2)OC1(C)C. The van der Waals surface area contributed by atoms with Gasteiger partial charge in [-0.3, -0.25) is 0 Å². The zero-order valence-corrected chi connectivity index (χ0v) is 14.9. The molecule has 1 aromatic heterocycles. The molecule has 2 aliphatic rings. The Morgan fingerprint density at radius 2 is 1.88 bits per heavy atom. The van der Waals surface area contributed by atoms with Crippen molar-refractivity contribution in [1.29, 1.82) is 0 Å². The van der Waals surface area contributed by atoms with E-state index in [9.17, 15) is 0 Å². The molecule has 2 aliphatic heterocycles. The fraction of sp³-hybridized carbons (Fsp3) is 0.611. The summed E-state index contributed by atoms with van der Waals surface area (Å²) < 4.78 is 20.2. The first-order valence-corrected chi connectivity index (χ1v) is 8.82. The molecular weight excluding hydrogens is 303 g/mol. The van der Waals surface area contributed by atoms with Crippen molar-refractivity contribution in [1.82, 2.24) is 9.78 Å². The molecule has 0 amide bonds. The van der Waals surface area contributed by atoms with Gasteiger partial charge in [0.05, 0.1) is 22.9 Å². The lowest BCUT2D eigenvalue weighted by atomic mass is 9.79. The van der Waals surface area contributed by atoms with Gasteiger partial charge in [-0.1, -0.05) is 12.1 Å². The fourth-order valence-electron chi connectivity index (χ4n) is 3.34. The number of fused-ring (bicyclic) bond motifs is 1. The Morgan fingerprint density at radius 3 is 2.54 bits per heavy atom. The number of rotatable bonds is 2. The first-order chi connectivity index (χ1) is 11.4. The maximum absolute atomic E-state index is 6.15. The van der Waals surface area contributed by atoms with Gasteiger partial charge in [0.15, 0.2) is 6.23 Å². The topological polar surface area (TPSA) is 45.5 Å². The number of ether oxygens (including phenoxy) is 1. The Balaban J connectivity index is 1.63. The summed E-state index contributed by atoms with van der Waals surface area (Å²) in [4.78, 5) is 0. The average Bonchev–Trinajstić information content (AvgIpc) is 3.06. The van der Waals surface area contributed by atoms with E-state index in [1.165, 1.54) is 6.42 Å². The van der Waals surface area contributed by atoms with E-state index in [0.29, 0.717) is 0 Å². The second kappa shape index (κ2) is 5.58. The molecule has 0 spiro atoms. The zero-order chi connectivity index (χ0) is 16.9. The summed E-state index contributed by atoms with van der Waals surface area (Å²) in [6, 6.07) is 6.29. The molecule has 24 heavy (non-hydrogen) atoms. The Hall–Kier alpha value is -1.37. The highest BCUT2D eigenvalue weighted by atomic mass is 16.7. The van der Waals surface area contributed by atoms with Gasteiger partial charge in [-0.25, -0.2) is 4.68 Å². The van der Waals surface area contributed by atoms with Gasteiger partial charge < -0.3 is 14.0 Å². The Bertz CT molecular complexity index is 734. The highest BCUT2D eigenvalue weighted by molar-refractivity contribution is 6.62. The summed E-state index contributed by atoms with van der Waals surface area (Å²) in [5.74, 6) is 0. The molecule has 0 radical (unpaired) electrons. The third kappa shape index (κ3) is 2.57. The highest BCUT2D eigenvalue weighted by Gasteiger charge is 2.51. The van der Waals surface area contributed by atoms with Crippen molar-refractivity contribution in [2.24, 2.45) is 0 Å². The third-order valence-electron chi connectivity index (χ3n) is 5.57. The van der Waals surface area contributed by atoms with Gasteiger partial charge in [0.25, 0.3) is 0 Å². The highest BCUT2D eigenvalue weighted by Crippen LogP contribution is 2.36. The van der Waals surface area contributed by atoms with Gasteiger partial charge in [0, 0.05) is 12.0 Å². The van der Waals surface area contributed by atoms with E-state index in [0.717, 1.165) is 35.8 Å². The van der Waals surface area contributed by atoms with E-state index in [2.05, 4.69) is 51.0 Å². The number of benzene rings is 1. The molecule has 1 aromatic carbocycles. The lowest BCUT2D eigenvalue weighted by molar-refractivity contribution is -0.0366. The number of aromatic nitrogens is 2. The van der Waals surface area contributed by atoms with Crippen molar-refractivity contribution in [2.75, 3.05) is 6.61 Å². The van der Waals surface area contributed by atoms with Crippen molar-refractivity contribution in [3.63, 3.8) is 0 Å². The monoisotopic (exact) mass is 328 g/mol. The van der Waals surface area contributed by atoms with Crippen LogP contribution in [0.5, 0.6) is 0 Å². The maximum Gasteiger partial charge on any atom is 0.494 e. The van der Waals surface area contributed by atoms with Gasteiger partial charge >= 0.3 is 7.12 Å². The van der Waals surface area contributed by atoms with Crippen LogP contribution in [0.1, 0.15) is 53.2 Å². The predicted octanol–water partition coefficient (Wildman–Crippen LogP) is 3.03. The summed E-state index contributed by atoms with van der Waals surface area (Å²) in [7, 11) is -0.339. The summed E-state index contributed by atoms with van der Waals surface area (Å²) >= 11 is 0. The molecular formula is C18H25BN2O3. The normalized spacial score (nSPS) is 26.2. The average molecular weight is 328 g/mol. The Morgan fingerprint density at radius 1 is 1.12 bits per heavy atom. The first-order valence-electron chi connectivity index (χ1n) is 8.82. The molecule has 2 saturated heterocycles. The molecule has 2 aromatic rings. The molecule has 6 heteroatoms. The van der Waals surface area contributed by atoms with Crippen molar-refractivity contribution in [2.45, 2.75) is 64.4 Å². The molecule has 3 heterocycles. The third-order valence-corrected chi connectivity index (χ3v) is 5.57. The van der Waals surface area contributed by atoms with Crippen LogP contribution in [-0.2, 0) is 14.0 Å². The lowest BCUT2D eigenvalue weighted by Gasteiger charge is -2.32. The van der Waals surface area contributed by atoms with Gasteiger partial charge in [-0.2, -0.15) is 5.10 Å². The molecule has 128 valence electrons. The molecule has 0 aliphatic carbocycles. The van der Waals surface area contributed by atoms with Crippen LogP contribution in [0.2, 0.25) is 0 Å². The molecule has 0 bridgehead atoms. The smallest absolute Gasteiger partial charge is 0.399 e. The molecule has 4 rings (SSSR count). The second-order valence-corrected chi connectivity index (χ2v) is 7.82. The van der Waals surface area contributed by atoms with Crippen LogP contribution in [0.4, 0.5) is 0 Å². The largest absolute Gasteiger partial charge is 0.494 e. The molecule has 5 nitrogen and oxygen atoms in total. The van der Waals surface area contributed by atoms with Crippen molar-refractivity contribution < 1.29 is 14.0 Å². The van der Waals surface area contributed by atoms with E-state index >= 15 is 0 Å². The summed E-state index contributed by atoms with van der Waals surface area (Å²) in [6.07, 6.45) is 5.32. The quantitative estimate of drug-likeness (QED) is 0.795. The minimum Gasteiger partial charge on any atom is -0.399 e. The first kappa shape index (κ1) is 16.1. The van der Waals surface area contributed by atoms with Crippen LogP contribution in [0, 0.1) is 0 Å². The number of hydrogen-bond acceptors (Lipinski definition) is 4. The van der Waals surface area contributed by atoms with Crippen LogP contribution in [0.25, 0.3) is 10.9 Å². The van der Waals surface area contributed by atoms with E-state index in [4.69, 9.17) is 14.0 Å². The molecule has 1 atom stereocenters. The number of hydrogen-bond donors (Lipinski definition) is 0. The van der Waals surface area contributed by atoms with Crippen LogP contribution in [0.15, 0.2) is 24.4 Å². The van der Waals surface area contributed by atoms with Gasteiger partial charge in [-0.15, -0.1) is 0 Å². The summed E-state index contributed by atoms with van der Waals surface area (Å²) in [5, 5.41) is 5.65. The summed E-state index contributed by atoms with van der Waals surface area (Å²) in [6.45, 7) is 9.11. The predicted molar refractivity (Wildman–Crippen MR) is 94.3 cm³/mol. The van der Waals surface area contributed by atoms with Gasteiger partial charge in [0.1, 0.15) is 0 Å². The Labute approximate surface area is 143 Å². The molecule has 0 N–H and O–H groups in total. The van der Waals surface area contributed by atoms with Crippen molar-refractivity contribution in [3.05, 3.63) is 24.4 Å². The standard InChI is InChI=1S/C18H25BN2O3/c1-17(2)18(3,4)24-19(23-17)14-8-9-15-13(11-14)12-20-21(15)16-7-5-6-10-22-16/h8-9,11-12,16H,5-7,10H2,1-4H3. The Kier molecular flexibility index (Phi) is 3.75. The minimum atomic E-state index is -0.339. The van der Waals surface area contributed by atoms with Crippen LogP contribution in [-0.4, -0.2) is 34.7 Å². The van der Waals surface area contributed by atoms with Crippen LogP contribution < -0.4 is 5.46 Å². The molecule has 2 fully saturated rings. The van der Waals surface area contributed by atoms with Gasteiger partial charge in [-0.05, 0) is 58.5 Å². The maximum atomic E-state index is 6.15. The number of nitrogens with zero attached hydrogens (tertiary/aromatic N) is 2. The van der Waals surface area contributed by atoms with Crippen molar-refractivity contribution >= 4 is 23.5 Å². The second-order valence-electron chi connectivity index (χ2n) is 7.82. The van der Waals surface area contributed by atoms with Crippen molar-refractivity contribution in [3.8, 4) is 0 Å². The van der Waals surface area contributed by atoms with E-state index in [1.54, 1.807) is 0 Å². The van der Waals surface area contributed by atoms with E-state index < -0.39 is 0 Å². The zero-order valence-electron chi connectivity index (χ0n) is 14.9. The lowest BCUT2D eigenvalue weighted by Crippen LogP contribution is -2.41. The van der Waals surface area contributed by atoms with Crippen LogP contribution >= 0.6 is 0 Å². The molecule has 0 saturated carbocycles. The van der Waals surface area contributed by atoms with E-state index in [-0.39, 0.29) is 24.5 Å². The molecule has 1 unspecified atom stereocenters. The summed E-state index contributed by atoms with van der Waals surface area (Å²) in [5.41, 5.74) is 1.48. The minimum absolute atomic E-state index is 0.0546. The van der Waals surface area contributed by atoms with E-state index in [1.807, 2.05) is 10.9 Å². The van der Waals surface area contributed by atoms with Crippen LogP contribution in [0.3, 0.4) is 0 Å².